The monoisotopic (exact) mass is 378 g/mol. The lowest BCUT2D eigenvalue weighted by Gasteiger charge is -2.15. The van der Waals surface area contributed by atoms with E-state index in [0.29, 0.717) is 6.42 Å². The van der Waals surface area contributed by atoms with E-state index < -0.39 is 16.9 Å². The van der Waals surface area contributed by atoms with Crippen LogP contribution in [0.15, 0.2) is 18.2 Å². The zero-order valence-corrected chi connectivity index (χ0v) is 12.6. The Kier molecular flexibility index (Phi) is 6.00. The predicted octanol–water partition coefficient (Wildman–Crippen LogP) is 3.25. The number of benzene rings is 1. The molecule has 0 aliphatic heterocycles. The van der Waals surface area contributed by atoms with E-state index in [9.17, 15) is 14.9 Å². The van der Waals surface area contributed by atoms with Gasteiger partial charge in [-0.3, -0.25) is 10.1 Å². The molecule has 0 spiro atoms. The van der Waals surface area contributed by atoms with Crippen molar-refractivity contribution in [3.8, 4) is 0 Å². The Morgan fingerprint density at radius 1 is 1.58 bits per heavy atom. The SMILES string of the molecule is CCCCC(Nc1ccc(I)cc1[N+](=O)[O-])C(=O)O. The number of aliphatic carboxylic acids is 1. The molecule has 1 unspecified atom stereocenters. The average molecular weight is 378 g/mol. The lowest BCUT2D eigenvalue weighted by Crippen LogP contribution is -2.29. The minimum atomic E-state index is -0.999. The molecule has 19 heavy (non-hydrogen) atoms. The van der Waals surface area contributed by atoms with Crippen LogP contribution in [0.2, 0.25) is 0 Å². The van der Waals surface area contributed by atoms with Crippen LogP contribution in [0.25, 0.3) is 0 Å². The number of nitrogens with one attached hydrogen (secondary N) is 1. The third kappa shape index (κ3) is 4.66. The summed E-state index contributed by atoms with van der Waals surface area (Å²) in [5.74, 6) is -0.999. The summed E-state index contributed by atoms with van der Waals surface area (Å²) in [6.07, 6.45) is 2.07. The molecule has 0 saturated heterocycles. The van der Waals surface area contributed by atoms with Gasteiger partial charge in [-0.15, -0.1) is 0 Å². The van der Waals surface area contributed by atoms with Crippen LogP contribution in [0, 0.1) is 13.7 Å². The van der Waals surface area contributed by atoms with Crippen molar-refractivity contribution < 1.29 is 14.8 Å². The molecule has 6 nitrogen and oxygen atoms in total. The Balaban J connectivity index is 2.95. The summed E-state index contributed by atoms with van der Waals surface area (Å²) in [7, 11) is 0. The van der Waals surface area contributed by atoms with Crippen molar-refractivity contribution in [2.24, 2.45) is 0 Å². The number of hydrogen-bond donors (Lipinski definition) is 2. The van der Waals surface area contributed by atoms with Crippen LogP contribution in [-0.2, 0) is 4.79 Å². The third-order valence-corrected chi connectivity index (χ3v) is 3.30. The van der Waals surface area contributed by atoms with Crippen molar-refractivity contribution in [3.63, 3.8) is 0 Å². The molecule has 7 heteroatoms. The molecule has 0 aromatic heterocycles. The number of anilines is 1. The van der Waals surface area contributed by atoms with E-state index in [0.717, 1.165) is 16.4 Å². The molecule has 2 N–H and O–H groups in total. The Morgan fingerprint density at radius 2 is 2.26 bits per heavy atom. The van der Waals surface area contributed by atoms with E-state index in [4.69, 9.17) is 5.11 Å². The number of hydrogen-bond acceptors (Lipinski definition) is 4. The van der Waals surface area contributed by atoms with Gasteiger partial charge in [0.2, 0.25) is 0 Å². The summed E-state index contributed by atoms with van der Waals surface area (Å²) in [6, 6.07) is 3.86. The normalized spacial score (nSPS) is 11.9. The summed E-state index contributed by atoms with van der Waals surface area (Å²) in [5.41, 5.74) is 0.142. The number of carboxylic acids is 1. The summed E-state index contributed by atoms with van der Waals surface area (Å²) >= 11 is 1.98. The van der Waals surface area contributed by atoms with Gasteiger partial charge in [-0.05, 0) is 41.1 Å². The summed E-state index contributed by atoms with van der Waals surface area (Å²) < 4.78 is 0.732. The molecule has 1 rings (SSSR count). The highest BCUT2D eigenvalue weighted by molar-refractivity contribution is 14.1. The van der Waals surface area contributed by atoms with Crippen LogP contribution >= 0.6 is 22.6 Å². The lowest BCUT2D eigenvalue weighted by molar-refractivity contribution is -0.384. The van der Waals surface area contributed by atoms with Gasteiger partial charge in [0.1, 0.15) is 11.7 Å². The maximum Gasteiger partial charge on any atom is 0.326 e. The number of nitrogens with zero attached hydrogens (tertiary/aromatic N) is 1. The number of nitro groups is 1. The average Bonchev–Trinajstić information content (AvgIpc) is 2.35. The van der Waals surface area contributed by atoms with Gasteiger partial charge in [0, 0.05) is 9.64 Å². The minimum Gasteiger partial charge on any atom is -0.480 e. The number of unbranched alkanes of at least 4 members (excludes halogenated alkanes) is 1. The maximum atomic E-state index is 11.1. The second-order valence-electron chi connectivity index (χ2n) is 4.10. The van der Waals surface area contributed by atoms with Gasteiger partial charge in [0.05, 0.1) is 4.92 Å². The number of carbonyl (C=O) groups is 1. The fraction of sp³-hybridized carbons (Fsp3) is 0.417. The van der Waals surface area contributed by atoms with E-state index in [-0.39, 0.29) is 11.4 Å². The first-order valence-electron chi connectivity index (χ1n) is 5.89. The molecule has 0 saturated carbocycles. The van der Waals surface area contributed by atoms with E-state index in [2.05, 4.69) is 5.32 Å². The zero-order valence-electron chi connectivity index (χ0n) is 10.4. The van der Waals surface area contributed by atoms with E-state index in [1.54, 1.807) is 12.1 Å². The quantitative estimate of drug-likeness (QED) is 0.432. The Labute approximate surface area is 124 Å². The number of halogens is 1. The number of nitro benzene ring substituents is 1. The highest BCUT2D eigenvalue weighted by Gasteiger charge is 2.21. The van der Waals surface area contributed by atoms with Crippen molar-refractivity contribution in [3.05, 3.63) is 31.9 Å². The molecule has 1 aromatic rings. The molecule has 1 aromatic carbocycles. The Hall–Kier alpha value is -1.38. The van der Waals surface area contributed by atoms with Crippen molar-refractivity contribution in [1.29, 1.82) is 0 Å². The maximum absolute atomic E-state index is 11.1. The fourth-order valence-corrected chi connectivity index (χ4v) is 2.11. The van der Waals surface area contributed by atoms with Crippen LogP contribution in [-0.4, -0.2) is 22.0 Å². The molecule has 0 amide bonds. The first-order valence-corrected chi connectivity index (χ1v) is 6.96. The number of rotatable bonds is 7. The van der Waals surface area contributed by atoms with Crippen molar-refractivity contribution in [2.75, 3.05) is 5.32 Å². The van der Waals surface area contributed by atoms with Gasteiger partial charge in [-0.2, -0.15) is 0 Å². The Bertz CT molecular complexity index is 479. The van der Waals surface area contributed by atoms with E-state index in [1.807, 2.05) is 29.5 Å². The van der Waals surface area contributed by atoms with E-state index in [1.165, 1.54) is 6.07 Å². The van der Waals surface area contributed by atoms with Gasteiger partial charge in [0.15, 0.2) is 0 Å². The molecular formula is C12H15IN2O4. The molecule has 104 valence electrons. The van der Waals surface area contributed by atoms with Crippen LogP contribution in [0.5, 0.6) is 0 Å². The summed E-state index contributed by atoms with van der Waals surface area (Å²) in [6.45, 7) is 1.96. The van der Waals surface area contributed by atoms with E-state index >= 15 is 0 Å². The largest absolute Gasteiger partial charge is 0.480 e. The van der Waals surface area contributed by atoms with Gasteiger partial charge in [-0.1, -0.05) is 19.8 Å². The minimum absolute atomic E-state index is 0.102. The van der Waals surface area contributed by atoms with Gasteiger partial charge in [0.25, 0.3) is 5.69 Å². The second kappa shape index (κ2) is 7.27. The zero-order chi connectivity index (χ0) is 14.4. The standard InChI is InChI=1S/C12H15IN2O4/c1-2-3-4-10(12(16)17)14-9-6-5-8(13)7-11(9)15(18)19/h5-7,10,14H,2-4H2,1H3,(H,16,17). The molecule has 0 radical (unpaired) electrons. The second-order valence-corrected chi connectivity index (χ2v) is 5.34. The summed E-state index contributed by atoms with van der Waals surface area (Å²) in [4.78, 5) is 21.6. The molecule has 0 heterocycles. The highest BCUT2D eigenvalue weighted by Crippen LogP contribution is 2.27. The third-order valence-electron chi connectivity index (χ3n) is 2.63. The number of carboxylic acid groups (broad SMARTS) is 1. The Morgan fingerprint density at radius 3 is 2.79 bits per heavy atom. The van der Waals surface area contributed by atoms with Crippen LogP contribution in [0.4, 0.5) is 11.4 Å². The molecule has 0 aliphatic carbocycles. The smallest absolute Gasteiger partial charge is 0.326 e. The topological polar surface area (TPSA) is 92.5 Å². The lowest BCUT2D eigenvalue weighted by atomic mass is 10.1. The van der Waals surface area contributed by atoms with Gasteiger partial charge >= 0.3 is 5.97 Å². The highest BCUT2D eigenvalue weighted by atomic mass is 127. The van der Waals surface area contributed by atoms with Crippen molar-refractivity contribution in [1.82, 2.24) is 0 Å². The van der Waals surface area contributed by atoms with Crippen LogP contribution in [0.1, 0.15) is 26.2 Å². The molecule has 0 fully saturated rings. The molecular weight excluding hydrogens is 363 g/mol. The first kappa shape index (κ1) is 15.7. The van der Waals surface area contributed by atoms with Gasteiger partial charge in [-0.25, -0.2) is 4.79 Å². The van der Waals surface area contributed by atoms with Crippen molar-refractivity contribution in [2.45, 2.75) is 32.2 Å². The molecule has 1 atom stereocenters. The molecule has 0 bridgehead atoms. The van der Waals surface area contributed by atoms with Crippen LogP contribution in [0.3, 0.4) is 0 Å². The van der Waals surface area contributed by atoms with Crippen molar-refractivity contribution >= 4 is 39.9 Å². The fourth-order valence-electron chi connectivity index (χ4n) is 1.63. The predicted molar refractivity (Wildman–Crippen MR) is 80.4 cm³/mol. The van der Waals surface area contributed by atoms with Crippen LogP contribution < -0.4 is 5.32 Å². The molecule has 0 aliphatic rings. The van der Waals surface area contributed by atoms with Gasteiger partial charge < -0.3 is 10.4 Å². The first-order chi connectivity index (χ1) is 8.95. The summed E-state index contributed by atoms with van der Waals surface area (Å²) in [5, 5.41) is 22.8.